The number of ether oxygens (including phenoxy) is 1. The molecule has 1 aromatic rings. The first kappa shape index (κ1) is 13.1. The fourth-order valence-corrected chi connectivity index (χ4v) is 4.48. The summed E-state index contributed by atoms with van der Waals surface area (Å²) in [6.07, 6.45) is 3.15. The van der Waals surface area contributed by atoms with Gasteiger partial charge in [0.2, 0.25) is 5.91 Å². The molecule has 4 unspecified atom stereocenters. The maximum atomic E-state index is 12.8. The molecule has 1 aromatic carbocycles. The maximum Gasteiger partial charge on any atom is 0.226 e. The number of nitrogens with zero attached hydrogens (tertiary/aromatic N) is 1. The zero-order valence-electron chi connectivity index (χ0n) is 12.4. The first-order chi connectivity index (χ1) is 10.2. The summed E-state index contributed by atoms with van der Waals surface area (Å²) in [5, 5.41) is 0. The summed E-state index contributed by atoms with van der Waals surface area (Å²) in [6.45, 7) is 1.42. The van der Waals surface area contributed by atoms with Gasteiger partial charge in [-0.05, 0) is 42.7 Å². The Morgan fingerprint density at radius 2 is 2.14 bits per heavy atom. The van der Waals surface area contributed by atoms with Crippen molar-refractivity contribution >= 4 is 5.91 Å². The maximum absolute atomic E-state index is 12.8. The highest BCUT2D eigenvalue weighted by Gasteiger charge is 2.48. The van der Waals surface area contributed by atoms with E-state index < -0.39 is 0 Å². The SMILES string of the molecule is COc1cccc2c1CN(C(=O)C1CC3CC(N)C3C1)C2. The van der Waals surface area contributed by atoms with Crippen LogP contribution in [0.3, 0.4) is 0 Å². The molecule has 0 saturated heterocycles. The van der Waals surface area contributed by atoms with Crippen LogP contribution in [0.1, 0.15) is 30.4 Å². The summed E-state index contributed by atoms with van der Waals surface area (Å²) in [5.41, 5.74) is 8.44. The Hall–Kier alpha value is -1.55. The molecule has 1 heterocycles. The standard InChI is InChI=1S/C17H22N2O2/c1-21-16-4-2-3-10-8-19(9-14(10)16)17(20)12-5-11-7-15(18)13(11)6-12/h2-4,11-13,15H,5-9,18H2,1H3. The molecule has 4 rings (SSSR count). The number of nitrogens with two attached hydrogens (primary N) is 1. The number of amides is 1. The lowest BCUT2D eigenvalue weighted by atomic mass is 9.72. The molecule has 4 heteroatoms. The van der Waals surface area contributed by atoms with Gasteiger partial charge in [0.15, 0.2) is 0 Å². The Kier molecular flexibility index (Phi) is 2.96. The van der Waals surface area contributed by atoms with Gasteiger partial charge in [-0.3, -0.25) is 4.79 Å². The molecule has 0 bridgehead atoms. The minimum atomic E-state index is 0.189. The molecule has 0 spiro atoms. The zero-order valence-corrected chi connectivity index (χ0v) is 12.4. The molecule has 2 N–H and O–H groups in total. The van der Waals surface area contributed by atoms with E-state index in [2.05, 4.69) is 6.07 Å². The average Bonchev–Trinajstić information content (AvgIpc) is 3.06. The third kappa shape index (κ3) is 1.96. The third-order valence-electron chi connectivity index (χ3n) is 5.70. The molecule has 21 heavy (non-hydrogen) atoms. The Labute approximate surface area is 125 Å². The highest BCUT2D eigenvalue weighted by atomic mass is 16.5. The van der Waals surface area contributed by atoms with Crippen LogP contribution in [0, 0.1) is 17.8 Å². The summed E-state index contributed by atoms with van der Waals surface area (Å²) in [7, 11) is 1.69. The molecule has 112 valence electrons. The van der Waals surface area contributed by atoms with Gasteiger partial charge in [-0.1, -0.05) is 12.1 Å². The van der Waals surface area contributed by atoms with E-state index in [0.29, 0.717) is 30.3 Å². The minimum absolute atomic E-state index is 0.189. The normalized spacial score (nSPS) is 33.3. The van der Waals surface area contributed by atoms with Gasteiger partial charge >= 0.3 is 0 Å². The first-order valence-corrected chi connectivity index (χ1v) is 7.86. The Bertz CT molecular complexity index is 586. The predicted octanol–water partition coefficient (Wildman–Crippen LogP) is 1.91. The number of hydrogen-bond acceptors (Lipinski definition) is 3. The molecular formula is C17H22N2O2. The van der Waals surface area contributed by atoms with Crippen LogP contribution in [0.15, 0.2) is 18.2 Å². The summed E-state index contributed by atoms with van der Waals surface area (Å²) in [4.78, 5) is 14.8. The molecule has 1 aliphatic heterocycles. The van der Waals surface area contributed by atoms with Gasteiger partial charge in [0.1, 0.15) is 5.75 Å². The lowest BCUT2D eigenvalue weighted by Gasteiger charge is -2.37. The molecule has 3 aliphatic rings. The van der Waals surface area contributed by atoms with Crippen LogP contribution in [0.4, 0.5) is 0 Å². The van der Waals surface area contributed by atoms with Crippen LogP contribution in [0.2, 0.25) is 0 Å². The monoisotopic (exact) mass is 286 g/mol. The quantitative estimate of drug-likeness (QED) is 0.903. The molecule has 0 aromatic heterocycles. The highest BCUT2D eigenvalue weighted by Crippen LogP contribution is 2.49. The van der Waals surface area contributed by atoms with Crippen LogP contribution >= 0.6 is 0 Å². The topological polar surface area (TPSA) is 55.6 Å². The van der Waals surface area contributed by atoms with Crippen LogP contribution in [-0.2, 0) is 17.9 Å². The molecule has 4 nitrogen and oxygen atoms in total. The molecular weight excluding hydrogens is 264 g/mol. The van der Waals surface area contributed by atoms with Crippen molar-refractivity contribution in [2.45, 2.75) is 38.4 Å². The van der Waals surface area contributed by atoms with Crippen molar-refractivity contribution in [1.82, 2.24) is 4.90 Å². The van der Waals surface area contributed by atoms with E-state index in [4.69, 9.17) is 10.5 Å². The molecule has 2 aliphatic carbocycles. The van der Waals surface area contributed by atoms with Gasteiger partial charge in [0.25, 0.3) is 0 Å². The van der Waals surface area contributed by atoms with Gasteiger partial charge in [0, 0.05) is 30.6 Å². The summed E-state index contributed by atoms with van der Waals surface area (Å²) >= 11 is 0. The largest absolute Gasteiger partial charge is 0.496 e. The lowest BCUT2D eigenvalue weighted by Crippen LogP contribution is -2.44. The molecule has 0 radical (unpaired) electrons. The predicted molar refractivity (Wildman–Crippen MR) is 79.5 cm³/mol. The van der Waals surface area contributed by atoms with Crippen molar-refractivity contribution in [3.63, 3.8) is 0 Å². The summed E-state index contributed by atoms with van der Waals surface area (Å²) in [5.74, 6) is 2.70. The Balaban J connectivity index is 1.48. The van der Waals surface area contributed by atoms with E-state index in [1.807, 2.05) is 17.0 Å². The number of carbonyl (C=O) groups excluding carboxylic acids is 1. The summed E-state index contributed by atoms with van der Waals surface area (Å²) in [6, 6.07) is 6.41. The third-order valence-corrected chi connectivity index (χ3v) is 5.70. The van der Waals surface area contributed by atoms with Crippen molar-refractivity contribution in [2.24, 2.45) is 23.5 Å². The van der Waals surface area contributed by atoms with E-state index in [9.17, 15) is 4.79 Å². The lowest BCUT2D eigenvalue weighted by molar-refractivity contribution is -0.136. The van der Waals surface area contributed by atoms with Crippen molar-refractivity contribution in [3.05, 3.63) is 29.3 Å². The van der Waals surface area contributed by atoms with Crippen LogP contribution < -0.4 is 10.5 Å². The Morgan fingerprint density at radius 1 is 1.29 bits per heavy atom. The first-order valence-electron chi connectivity index (χ1n) is 7.86. The van der Waals surface area contributed by atoms with Gasteiger partial charge in [0.05, 0.1) is 7.11 Å². The molecule has 4 atom stereocenters. The van der Waals surface area contributed by atoms with Crippen molar-refractivity contribution in [1.29, 1.82) is 0 Å². The van der Waals surface area contributed by atoms with Gasteiger partial charge in [-0.15, -0.1) is 0 Å². The average molecular weight is 286 g/mol. The fraction of sp³-hybridized carbons (Fsp3) is 0.588. The number of benzene rings is 1. The highest BCUT2D eigenvalue weighted by molar-refractivity contribution is 5.80. The van der Waals surface area contributed by atoms with Crippen LogP contribution in [-0.4, -0.2) is 24.0 Å². The molecule has 2 saturated carbocycles. The zero-order chi connectivity index (χ0) is 14.6. The number of fused-ring (bicyclic) bond motifs is 2. The van der Waals surface area contributed by atoms with E-state index in [-0.39, 0.29) is 5.92 Å². The van der Waals surface area contributed by atoms with Gasteiger partial charge < -0.3 is 15.4 Å². The second-order valence-corrected chi connectivity index (χ2v) is 6.78. The summed E-state index contributed by atoms with van der Waals surface area (Å²) < 4.78 is 5.41. The van der Waals surface area contributed by atoms with E-state index in [1.54, 1.807) is 7.11 Å². The number of hydrogen-bond donors (Lipinski definition) is 1. The second-order valence-electron chi connectivity index (χ2n) is 6.78. The van der Waals surface area contributed by atoms with Crippen LogP contribution in [0.5, 0.6) is 5.75 Å². The number of methoxy groups -OCH3 is 1. The Morgan fingerprint density at radius 3 is 2.86 bits per heavy atom. The molecule has 1 amide bonds. The van der Waals surface area contributed by atoms with Crippen molar-refractivity contribution < 1.29 is 9.53 Å². The van der Waals surface area contributed by atoms with Gasteiger partial charge in [-0.25, -0.2) is 0 Å². The van der Waals surface area contributed by atoms with Gasteiger partial charge in [-0.2, -0.15) is 0 Å². The smallest absolute Gasteiger partial charge is 0.226 e. The number of carbonyl (C=O) groups is 1. The van der Waals surface area contributed by atoms with E-state index in [0.717, 1.165) is 31.6 Å². The van der Waals surface area contributed by atoms with Crippen LogP contribution in [0.25, 0.3) is 0 Å². The second kappa shape index (κ2) is 4.73. The fourth-order valence-electron chi connectivity index (χ4n) is 4.48. The van der Waals surface area contributed by atoms with Crippen molar-refractivity contribution in [3.8, 4) is 5.75 Å². The van der Waals surface area contributed by atoms with Crippen molar-refractivity contribution in [2.75, 3.05) is 7.11 Å². The molecule has 2 fully saturated rings. The van der Waals surface area contributed by atoms with E-state index >= 15 is 0 Å². The minimum Gasteiger partial charge on any atom is -0.496 e. The van der Waals surface area contributed by atoms with E-state index in [1.165, 1.54) is 11.1 Å². The number of rotatable bonds is 2.